The summed E-state index contributed by atoms with van der Waals surface area (Å²) in [5.74, 6) is 0.821. The minimum atomic E-state index is 0.243. The molecule has 114 valence electrons. The number of aryl methyl sites for hydroxylation is 2. The SMILES string of the molecule is Cc1cc(NCCN2CCCCC2CO)nc(C)c1C#N. The Labute approximate surface area is 126 Å². The molecule has 0 amide bonds. The average molecular weight is 288 g/mol. The Kier molecular flexibility index (Phi) is 5.54. The zero-order valence-corrected chi connectivity index (χ0v) is 12.9. The molecule has 1 aliphatic heterocycles. The van der Waals surface area contributed by atoms with E-state index >= 15 is 0 Å². The quantitative estimate of drug-likeness (QED) is 0.865. The highest BCUT2D eigenvalue weighted by Crippen LogP contribution is 2.17. The molecule has 1 atom stereocenters. The third-order valence-corrected chi connectivity index (χ3v) is 4.17. The lowest BCUT2D eigenvalue weighted by Crippen LogP contribution is -2.44. The Balaban J connectivity index is 1.90. The van der Waals surface area contributed by atoms with Crippen LogP contribution in [0.1, 0.15) is 36.1 Å². The predicted octanol–water partition coefficient (Wildman–Crippen LogP) is 1.83. The van der Waals surface area contributed by atoms with Crippen molar-refractivity contribution in [2.24, 2.45) is 0 Å². The van der Waals surface area contributed by atoms with E-state index in [4.69, 9.17) is 5.26 Å². The molecular formula is C16H24N4O. The Hall–Kier alpha value is -1.64. The van der Waals surface area contributed by atoms with Crippen molar-refractivity contribution in [1.29, 1.82) is 5.26 Å². The monoisotopic (exact) mass is 288 g/mol. The zero-order chi connectivity index (χ0) is 15.2. The van der Waals surface area contributed by atoms with Gasteiger partial charge in [-0.15, -0.1) is 0 Å². The van der Waals surface area contributed by atoms with E-state index in [-0.39, 0.29) is 6.61 Å². The zero-order valence-electron chi connectivity index (χ0n) is 12.9. The maximum atomic E-state index is 9.40. The highest BCUT2D eigenvalue weighted by Gasteiger charge is 2.20. The van der Waals surface area contributed by atoms with Crippen molar-refractivity contribution < 1.29 is 5.11 Å². The number of likely N-dealkylation sites (tertiary alicyclic amines) is 1. The van der Waals surface area contributed by atoms with Gasteiger partial charge in [0.15, 0.2) is 0 Å². The number of aromatic nitrogens is 1. The molecule has 2 rings (SSSR count). The van der Waals surface area contributed by atoms with E-state index < -0.39 is 0 Å². The summed E-state index contributed by atoms with van der Waals surface area (Å²) in [5.41, 5.74) is 2.39. The summed E-state index contributed by atoms with van der Waals surface area (Å²) < 4.78 is 0. The van der Waals surface area contributed by atoms with E-state index in [0.29, 0.717) is 11.6 Å². The van der Waals surface area contributed by atoms with Crippen molar-refractivity contribution in [3.05, 3.63) is 22.9 Å². The molecule has 1 unspecified atom stereocenters. The Morgan fingerprint density at radius 2 is 2.29 bits per heavy atom. The first-order valence-electron chi connectivity index (χ1n) is 7.63. The molecule has 1 aromatic rings. The molecule has 1 saturated heterocycles. The van der Waals surface area contributed by atoms with Crippen molar-refractivity contribution in [3.63, 3.8) is 0 Å². The number of nitrogens with one attached hydrogen (secondary N) is 1. The van der Waals surface area contributed by atoms with Crippen molar-refractivity contribution in [2.45, 2.75) is 39.2 Å². The number of aliphatic hydroxyl groups excluding tert-OH is 1. The van der Waals surface area contributed by atoms with Gasteiger partial charge < -0.3 is 10.4 Å². The van der Waals surface area contributed by atoms with Crippen LogP contribution in [0.25, 0.3) is 0 Å². The van der Waals surface area contributed by atoms with Gasteiger partial charge in [0.25, 0.3) is 0 Å². The van der Waals surface area contributed by atoms with E-state index in [1.807, 2.05) is 19.9 Å². The van der Waals surface area contributed by atoms with Crippen LogP contribution in [-0.4, -0.2) is 47.3 Å². The van der Waals surface area contributed by atoms with Crippen molar-refractivity contribution in [1.82, 2.24) is 9.88 Å². The second kappa shape index (κ2) is 7.39. The fraction of sp³-hybridized carbons (Fsp3) is 0.625. The number of piperidine rings is 1. The summed E-state index contributed by atoms with van der Waals surface area (Å²) in [4.78, 5) is 6.77. The second-order valence-corrected chi connectivity index (χ2v) is 5.69. The number of anilines is 1. The number of hydrogen-bond acceptors (Lipinski definition) is 5. The maximum absolute atomic E-state index is 9.40. The molecule has 0 saturated carbocycles. The summed E-state index contributed by atoms with van der Waals surface area (Å²) in [7, 11) is 0. The van der Waals surface area contributed by atoms with Crippen LogP contribution >= 0.6 is 0 Å². The first kappa shape index (κ1) is 15.7. The van der Waals surface area contributed by atoms with Gasteiger partial charge in [0.05, 0.1) is 17.9 Å². The molecular weight excluding hydrogens is 264 g/mol. The molecule has 0 aromatic carbocycles. The molecule has 0 radical (unpaired) electrons. The summed E-state index contributed by atoms with van der Waals surface area (Å²) in [6, 6.07) is 4.41. The Morgan fingerprint density at radius 1 is 1.48 bits per heavy atom. The molecule has 1 aromatic heterocycles. The van der Waals surface area contributed by atoms with Crippen LogP contribution in [0.3, 0.4) is 0 Å². The lowest BCUT2D eigenvalue weighted by molar-refractivity contribution is 0.0940. The summed E-state index contributed by atoms with van der Waals surface area (Å²) in [6.07, 6.45) is 3.51. The minimum Gasteiger partial charge on any atom is -0.395 e. The number of nitrogens with zero attached hydrogens (tertiary/aromatic N) is 3. The molecule has 0 aliphatic carbocycles. The molecule has 0 spiro atoms. The van der Waals surface area contributed by atoms with Crippen LogP contribution in [0, 0.1) is 25.2 Å². The highest BCUT2D eigenvalue weighted by molar-refractivity contribution is 5.48. The smallest absolute Gasteiger partial charge is 0.126 e. The number of hydrogen-bond donors (Lipinski definition) is 2. The van der Waals surface area contributed by atoms with Gasteiger partial charge >= 0.3 is 0 Å². The van der Waals surface area contributed by atoms with E-state index in [1.54, 1.807) is 0 Å². The molecule has 21 heavy (non-hydrogen) atoms. The standard InChI is InChI=1S/C16H24N4O/c1-12-9-16(19-13(2)15(12)10-17)18-6-8-20-7-4-3-5-14(20)11-21/h9,14,21H,3-8,11H2,1-2H3,(H,18,19). The summed E-state index contributed by atoms with van der Waals surface area (Å²) >= 11 is 0. The first-order valence-corrected chi connectivity index (χ1v) is 7.63. The van der Waals surface area contributed by atoms with Gasteiger partial charge in [-0.3, -0.25) is 4.90 Å². The summed E-state index contributed by atoms with van der Waals surface area (Å²) in [6.45, 7) is 6.81. The largest absolute Gasteiger partial charge is 0.395 e. The molecule has 1 aliphatic rings. The molecule has 2 N–H and O–H groups in total. The van der Waals surface area contributed by atoms with E-state index in [2.05, 4.69) is 21.3 Å². The van der Waals surface area contributed by atoms with Crippen LogP contribution < -0.4 is 5.32 Å². The lowest BCUT2D eigenvalue weighted by Gasteiger charge is -2.34. The van der Waals surface area contributed by atoms with Gasteiger partial charge in [0.2, 0.25) is 0 Å². The minimum absolute atomic E-state index is 0.243. The van der Waals surface area contributed by atoms with Gasteiger partial charge in [-0.05, 0) is 44.9 Å². The normalized spacial score (nSPS) is 19.2. The number of rotatable bonds is 5. The van der Waals surface area contributed by atoms with Crippen molar-refractivity contribution in [2.75, 3.05) is 31.6 Å². The Morgan fingerprint density at radius 3 is 2.95 bits per heavy atom. The van der Waals surface area contributed by atoms with Gasteiger partial charge in [-0.2, -0.15) is 5.26 Å². The first-order chi connectivity index (χ1) is 10.2. The molecule has 5 heteroatoms. The number of aliphatic hydroxyl groups is 1. The van der Waals surface area contributed by atoms with Gasteiger partial charge in [0, 0.05) is 19.1 Å². The molecule has 5 nitrogen and oxygen atoms in total. The van der Waals surface area contributed by atoms with Crippen LogP contribution in [0.2, 0.25) is 0 Å². The molecule has 0 bridgehead atoms. The van der Waals surface area contributed by atoms with Crippen LogP contribution in [0.15, 0.2) is 6.07 Å². The van der Waals surface area contributed by atoms with Gasteiger partial charge in [-0.1, -0.05) is 6.42 Å². The lowest BCUT2D eigenvalue weighted by atomic mass is 10.0. The topological polar surface area (TPSA) is 72.2 Å². The maximum Gasteiger partial charge on any atom is 0.126 e. The third kappa shape index (κ3) is 3.93. The van der Waals surface area contributed by atoms with Crippen molar-refractivity contribution >= 4 is 5.82 Å². The fourth-order valence-corrected chi connectivity index (χ4v) is 2.98. The van der Waals surface area contributed by atoms with E-state index in [9.17, 15) is 5.11 Å². The Bertz CT molecular complexity index is 500. The fourth-order valence-electron chi connectivity index (χ4n) is 2.98. The van der Waals surface area contributed by atoms with E-state index in [1.165, 1.54) is 12.8 Å². The van der Waals surface area contributed by atoms with E-state index in [0.717, 1.165) is 43.1 Å². The second-order valence-electron chi connectivity index (χ2n) is 5.69. The molecule has 2 heterocycles. The van der Waals surface area contributed by atoms with Crippen LogP contribution in [0.4, 0.5) is 5.82 Å². The third-order valence-electron chi connectivity index (χ3n) is 4.17. The highest BCUT2D eigenvalue weighted by atomic mass is 16.3. The van der Waals surface area contributed by atoms with Gasteiger partial charge in [0.1, 0.15) is 11.9 Å². The molecule has 1 fully saturated rings. The average Bonchev–Trinajstić information content (AvgIpc) is 2.47. The van der Waals surface area contributed by atoms with Crippen molar-refractivity contribution in [3.8, 4) is 6.07 Å². The van der Waals surface area contributed by atoms with Gasteiger partial charge in [-0.25, -0.2) is 4.98 Å². The predicted molar refractivity (Wildman–Crippen MR) is 83.2 cm³/mol. The van der Waals surface area contributed by atoms with Crippen LogP contribution in [-0.2, 0) is 0 Å². The number of nitriles is 1. The van der Waals surface area contributed by atoms with Crippen LogP contribution in [0.5, 0.6) is 0 Å². The summed E-state index contributed by atoms with van der Waals surface area (Å²) in [5, 5.41) is 21.8. The number of pyridine rings is 1.